The van der Waals surface area contributed by atoms with Gasteiger partial charge in [-0.1, -0.05) is 18.2 Å². The molecule has 0 aliphatic carbocycles. The number of carbonyl (C=O) groups excluding carboxylic acids is 2. The van der Waals surface area contributed by atoms with Crippen LogP contribution in [-0.2, 0) is 22.2 Å². The maximum absolute atomic E-state index is 13.0. The van der Waals surface area contributed by atoms with Gasteiger partial charge in [0.1, 0.15) is 0 Å². The van der Waals surface area contributed by atoms with Gasteiger partial charge in [-0.2, -0.15) is 18.2 Å². The molecule has 12 heteroatoms. The summed E-state index contributed by atoms with van der Waals surface area (Å²) in [6, 6.07) is 9.20. The Kier molecular flexibility index (Phi) is 7.01. The molecule has 1 aromatic carbocycles. The number of likely N-dealkylation sites (tertiary alicyclic amines) is 1. The Labute approximate surface area is 199 Å². The lowest BCUT2D eigenvalue weighted by atomic mass is 10.0. The number of halogens is 3. The zero-order valence-corrected chi connectivity index (χ0v) is 19.4. The third-order valence-electron chi connectivity index (χ3n) is 6.02. The first kappa shape index (κ1) is 24.6. The number of hydrogen-bond donors (Lipinski definition) is 2. The van der Waals surface area contributed by atoms with Crippen LogP contribution in [0.2, 0.25) is 0 Å². The van der Waals surface area contributed by atoms with E-state index >= 15 is 0 Å². The van der Waals surface area contributed by atoms with Gasteiger partial charge in [-0.3, -0.25) is 14.5 Å². The molecule has 2 N–H and O–H groups in total. The first-order valence-corrected chi connectivity index (χ1v) is 11.3. The fraction of sp³-hybridized carbons (Fsp3) is 0.435. The number of fused-ring (bicyclic) bond motifs is 1. The van der Waals surface area contributed by atoms with Crippen LogP contribution >= 0.6 is 0 Å². The third kappa shape index (κ3) is 5.94. The number of aromatic nitrogens is 4. The van der Waals surface area contributed by atoms with Crippen LogP contribution in [0.15, 0.2) is 30.3 Å². The molecule has 0 radical (unpaired) electrons. The number of anilines is 1. The maximum atomic E-state index is 13.0. The lowest BCUT2D eigenvalue weighted by Crippen LogP contribution is -2.47. The topological polar surface area (TPSA) is 105 Å². The standard InChI is InChI=1S/C23H26F3N7O2/c1-14-18(15(2)33-22(27-14)30-21(31-33)23(24,25)26)12-19(34)28-17-8-10-32(11-9-17)13-20(35)29-16-6-4-3-5-7-16/h3-7,17H,8-13H2,1-2H3,(H,28,34)(H,29,35). The Hall–Kier alpha value is -3.54. The van der Waals surface area contributed by atoms with Crippen molar-refractivity contribution in [2.45, 2.75) is 45.3 Å². The minimum Gasteiger partial charge on any atom is -0.353 e. The molecule has 1 aliphatic rings. The monoisotopic (exact) mass is 489 g/mol. The molecule has 0 unspecified atom stereocenters. The normalized spacial score (nSPS) is 15.3. The van der Waals surface area contributed by atoms with E-state index in [9.17, 15) is 22.8 Å². The number of carbonyl (C=O) groups is 2. The van der Waals surface area contributed by atoms with Crippen molar-refractivity contribution in [1.82, 2.24) is 29.8 Å². The average Bonchev–Trinajstić information content (AvgIpc) is 3.23. The molecule has 1 fully saturated rings. The quantitative estimate of drug-likeness (QED) is 0.552. The summed E-state index contributed by atoms with van der Waals surface area (Å²) in [6.45, 7) is 4.84. The highest BCUT2D eigenvalue weighted by Gasteiger charge is 2.37. The molecule has 3 aromatic rings. The highest BCUT2D eigenvalue weighted by molar-refractivity contribution is 5.92. The Morgan fingerprint density at radius 1 is 1.06 bits per heavy atom. The molecule has 0 atom stereocenters. The van der Waals surface area contributed by atoms with Gasteiger partial charge < -0.3 is 10.6 Å². The number of para-hydroxylation sites is 1. The van der Waals surface area contributed by atoms with Crippen LogP contribution in [0.1, 0.15) is 35.6 Å². The number of rotatable bonds is 6. The average molecular weight is 490 g/mol. The van der Waals surface area contributed by atoms with Crippen molar-refractivity contribution in [2.24, 2.45) is 0 Å². The van der Waals surface area contributed by atoms with Gasteiger partial charge in [0.2, 0.25) is 11.8 Å². The molecule has 0 saturated carbocycles. The van der Waals surface area contributed by atoms with Crippen LogP contribution in [-0.4, -0.2) is 62.0 Å². The number of nitrogens with zero attached hydrogens (tertiary/aromatic N) is 5. The first-order chi connectivity index (χ1) is 16.6. The van der Waals surface area contributed by atoms with E-state index in [1.54, 1.807) is 13.8 Å². The molecule has 2 amide bonds. The van der Waals surface area contributed by atoms with Crippen molar-refractivity contribution in [3.05, 3.63) is 53.1 Å². The summed E-state index contributed by atoms with van der Waals surface area (Å²) in [5.41, 5.74) is 2.09. The number of alkyl halides is 3. The zero-order chi connectivity index (χ0) is 25.2. The molecule has 0 spiro atoms. The molecule has 2 aromatic heterocycles. The number of piperidine rings is 1. The van der Waals surface area contributed by atoms with E-state index in [1.165, 1.54) is 0 Å². The van der Waals surface area contributed by atoms with E-state index in [1.807, 2.05) is 35.2 Å². The van der Waals surface area contributed by atoms with Crippen molar-refractivity contribution < 1.29 is 22.8 Å². The number of amides is 2. The maximum Gasteiger partial charge on any atom is 0.453 e. The summed E-state index contributed by atoms with van der Waals surface area (Å²) in [5.74, 6) is -1.75. The van der Waals surface area contributed by atoms with Crippen molar-refractivity contribution in [3.8, 4) is 0 Å². The summed E-state index contributed by atoms with van der Waals surface area (Å²) >= 11 is 0. The number of hydrogen-bond acceptors (Lipinski definition) is 6. The van der Waals surface area contributed by atoms with Gasteiger partial charge in [-0.05, 0) is 38.8 Å². The molecular weight excluding hydrogens is 463 g/mol. The van der Waals surface area contributed by atoms with Crippen molar-refractivity contribution in [1.29, 1.82) is 0 Å². The second-order valence-electron chi connectivity index (χ2n) is 8.62. The van der Waals surface area contributed by atoms with Crippen LogP contribution in [0, 0.1) is 13.8 Å². The number of benzene rings is 1. The molecule has 4 rings (SSSR count). The predicted molar refractivity (Wildman–Crippen MR) is 122 cm³/mol. The van der Waals surface area contributed by atoms with Crippen molar-refractivity contribution >= 4 is 23.3 Å². The van der Waals surface area contributed by atoms with Gasteiger partial charge >= 0.3 is 6.18 Å². The van der Waals surface area contributed by atoms with E-state index in [0.29, 0.717) is 42.9 Å². The predicted octanol–water partition coefficient (Wildman–Crippen LogP) is 2.52. The molecule has 3 heterocycles. The summed E-state index contributed by atoms with van der Waals surface area (Å²) in [5, 5.41) is 9.37. The van der Waals surface area contributed by atoms with Gasteiger partial charge in [-0.15, -0.1) is 5.10 Å². The first-order valence-electron chi connectivity index (χ1n) is 11.3. The molecule has 9 nitrogen and oxygen atoms in total. The number of nitrogens with one attached hydrogen (secondary N) is 2. The molecule has 186 valence electrons. The van der Waals surface area contributed by atoms with Crippen LogP contribution in [0.5, 0.6) is 0 Å². The fourth-order valence-corrected chi connectivity index (χ4v) is 4.18. The minimum absolute atomic E-state index is 0.0263. The van der Waals surface area contributed by atoms with E-state index in [0.717, 1.165) is 10.2 Å². The van der Waals surface area contributed by atoms with Crippen LogP contribution in [0.25, 0.3) is 5.78 Å². The van der Waals surface area contributed by atoms with E-state index < -0.39 is 12.0 Å². The highest BCUT2D eigenvalue weighted by Crippen LogP contribution is 2.27. The Morgan fingerprint density at radius 3 is 2.40 bits per heavy atom. The second-order valence-corrected chi connectivity index (χ2v) is 8.62. The smallest absolute Gasteiger partial charge is 0.353 e. The molecule has 1 saturated heterocycles. The lowest BCUT2D eigenvalue weighted by Gasteiger charge is -2.32. The highest BCUT2D eigenvalue weighted by atomic mass is 19.4. The lowest BCUT2D eigenvalue weighted by molar-refractivity contribution is -0.144. The number of aryl methyl sites for hydroxylation is 2. The Morgan fingerprint density at radius 2 is 1.74 bits per heavy atom. The Balaban J connectivity index is 1.30. The largest absolute Gasteiger partial charge is 0.453 e. The summed E-state index contributed by atoms with van der Waals surface area (Å²) < 4.78 is 39.9. The van der Waals surface area contributed by atoms with Crippen LogP contribution in [0.4, 0.5) is 18.9 Å². The fourth-order valence-electron chi connectivity index (χ4n) is 4.18. The van der Waals surface area contributed by atoms with Gasteiger partial charge in [-0.25, -0.2) is 9.50 Å². The van der Waals surface area contributed by atoms with Gasteiger partial charge in [0.05, 0.1) is 13.0 Å². The van der Waals surface area contributed by atoms with E-state index in [2.05, 4.69) is 25.7 Å². The summed E-state index contributed by atoms with van der Waals surface area (Å²) in [4.78, 5) is 34.6. The minimum atomic E-state index is -4.68. The van der Waals surface area contributed by atoms with Crippen LogP contribution < -0.4 is 10.6 Å². The molecule has 0 bridgehead atoms. The summed E-state index contributed by atoms with van der Waals surface area (Å²) in [6.07, 6.45) is -3.32. The molecule has 35 heavy (non-hydrogen) atoms. The van der Waals surface area contributed by atoms with Crippen molar-refractivity contribution in [3.63, 3.8) is 0 Å². The van der Waals surface area contributed by atoms with Gasteiger partial charge in [0, 0.05) is 41.8 Å². The Bertz CT molecular complexity index is 1220. The van der Waals surface area contributed by atoms with Crippen LogP contribution in [0.3, 0.4) is 0 Å². The van der Waals surface area contributed by atoms with E-state index in [-0.39, 0.29) is 36.6 Å². The summed E-state index contributed by atoms with van der Waals surface area (Å²) in [7, 11) is 0. The third-order valence-corrected chi connectivity index (χ3v) is 6.02. The molecule has 1 aliphatic heterocycles. The van der Waals surface area contributed by atoms with E-state index in [4.69, 9.17) is 0 Å². The van der Waals surface area contributed by atoms with Gasteiger partial charge in [0.15, 0.2) is 0 Å². The van der Waals surface area contributed by atoms with Gasteiger partial charge in [0.25, 0.3) is 11.6 Å². The van der Waals surface area contributed by atoms with Crippen molar-refractivity contribution in [2.75, 3.05) is 25.0 Å². The second kappa shape index (κ2) is 9.98. The SMILES string of the molecule is Cc1nc2nc(C(F)(F)F)nn2c(C)c1CC(=O)NC1CCN(CC(=O)Nc2ccccc2)CC1. The molecular formula is C23H26F3N7O2. The zero-order valence-electron chi connectivity index (χ0n) is 19.4.